The number of nitrogens with zero attached hydrogens (tertiary/aromatic N) is 6. The molecule has 0 saturated carbocycles. The Bertz CT molecular complexity index is 963. The van der Waals surface area contributed by atoms with Gasteiger partial charge in [0.2, 0.25) is 0 Å². The Kier molecular flexibility index (Phi) is 3.42. The van der Waals surface area contributed by atoms with Crippen LogP contribution >= 0.6 is 0 Å². The first-order valence-corrected chi connectivity index (χ1v) is 7.63. The molecule has 1 aliphatic heterocycles. The highest BCUT2D eigenvalue weighted by molar-refractivity contribution is 5.82. The lowest BCUT2D eigenvalue weighted by Crippen LogP contribution is -2.46. The van der Waals surface area contributed by atoms with Crippen LogP contribution in [0.25, 0.3) is 16.6 Å². The van der Waals surface area contributed by atoms with Gasteiger partial charge in [-0.3, -0.25) is 0 Å². The molecule has 0 unspecified atom stereocenters. The van der Waals surface area contributed by atoms with E-state index in [2.05, 4.69) is 10.4 Å². The monoisotopic (exact) mass is 328 g/mol. The van der Waals surface area contributed by atoms with Gasteiger partial charge >= 0.3 is 11.7 Å². The number of benzene rings is 1. The van der Waals surface area contributed by atoms with Crippen LogP contribution in [-0.2, 0) is 11.8 Å². The maximum absolute atomic E-state index is 12.5. The Hall–Kier alpha value is -2.94. The van der Waals surface area contributed by atoms with E-state index in [-0.39, 0.29) is 0 Å². The van der Waals surface area contributed by atoms with Crippen LogP contribution in [0.1, 0.15) is 0 Å². The van der Waals surface area contributed by atoms with E-state index in [1.165, 1.54) is 4.90 Å². The van der Waals surface area contributed by atoms with Gasteiger partial charge in [0.05, 0.1) is 18.9 Å². The summed E-state index contributed by atoms with van der Waals surface area (Å²) in [6, 6.07) is 7.00. The summed E-state index contributed by atoms with van der Waals surface area (Å²) in [5.74, 6) is 0. The fourth-order valence-electron chi connectivity index (χ4n) is 2.82. The molecule has 0 radical (unpaired) electrons. The van der Waals surface area contributed by atoms with Crippen LogP contribution in [0, 0.1) is 0 Å². The van der Waals surface area contributed by atoms with Gasteiger partial charge in [0, 0.05) is 37.2 Å². The summed E-state index contributed by atoms with van der Waals surface area (Å²) >= 11 is 0. The van der Waals surface area contributed by atoms with Crippen molar-refractivity contribution in [3.05, 3.63) is 40.9 Å². The van der Waals surface area contributed by atoms with Crippen molar-refractivity contribution in [2.45, 2.75) is 0 Å². The van der Waals surface area contributed by atoms with Crippen LogP contribution < -0.4 is 5.69 Å². The summed E-state index contributed by atoms with van der Waals surface area (Å²) in [5, 5.41) is 8.56. The van der Waals surface area contributed by atoms with Gasteiger partial charge in [-0.2, -0.15) is 4.68 Å². The molecule has 9 heteroatoms. The molecule has 3 aromatic rings. The van der Waals surface area contributed by atoms with Crippen LogP contribution in [0.3, 0.4) is 0 Å². The molecule has 0 atom stereocenters. The average molecular weight is 328 g/mol. The van der Waals surface area contributed by atoms with E-state index in [1.54, 1.807) is 6.07 Å². The second-order valence-electron chi connectivity index (χ2n) is 5.64. The van der Waals surface area contributed by atoms with Crippen molar-refractivity contribution in [2.24, 2.45) is 7.05 Å². The molecule has 4 rings (SSSR count). The van der Waals surface area contributed by atoms with Crippen LogP contribution in [0.5, 0.6) is 0 Å². The van der Waals surface area contributed by atoms with Crippen LogP contribution in [-0.4, -0.2) is 61.6 Å². The minimum Gasteiger partial charge on any atom is -0.378 e. The minimum atomic E-state index is -0.582. The van der Waals surface area contributed by atoms with Crippen LogP contribution in [0.2, 0.25) is 0 Å². The molecule has 0 aliphatic carbocycles. The molecule has 1 fully saturated rings. The summed E-state index contributed by atoms with van der Waals surface area (Å²) < 4.78 is 9.12. The molecule has 1 saturated heterocycles. The van der Waals surface area contributed by atoms with Gasteiger partial charge in [-0.25, -0.2) is 9.59 Å². The zero-order valence-electron chi connectivity index (χ0n) is 13.1. The largest absolute Gasteiger partial charge is 0.378 e. The Morgan fingerprint density at radius 2 is 1.96 bits per heavy atom. The number of hydrogen-bond acceptors (Lipinski definition) is 5. The van der Waals surface area contributed by atoms with E-state index in [1.807, 2.05) is 36.0 Å². The van der Waals surface area contributed by atoms with E-state index in [0.717, 1.165) is 20.3 Å². The first kappa shape index (κ1) is 14.6. The van der Waals surface area contributed by atoms with Crippen molar-refractivity contribution in [3.63, 3.8) is 0 Å². The second kappa shape index (κ2) is 5.60. The molecule has 1 aromatic carbocycles. The lowest BCUT2D eigenvalue weighted by molar-refractivity contribution is 0.0525. The molecule has 0 bridgehead atoms. The zero-order valence-corrected chi connectivity index (χ0v) is 13.1. The smallest absolute Gasteiger partial charge is 0.377 e. The number of carbonyl (C=O) groups excluding carboxylic acids is 1. The van der Waals surface area contributed by atoms with Crippen molar-refractivity contribution in [1.29, 1.82) is 0 Å². The Morgan fingerprint density at radius 1 is 1.17 bits per heavy atom. The number of aromatic nitrogens is 5. The third kappa shape index (κ3) is 2.29. The van der Waals surface area contributed by atoms with Gasteiger partial charge in [-0.05, 0) is 34.7 Å². The standard InChI is InChI=1S/C15H16N6O3/c1-18-5-4-11-10-12(2-3-13(11)18)20-15(23)21(17-16-20)14(22)19-6-8-24-9-7-19/h2-5,10H,6-9H2,1H3. The third-order valence-corrected chi connectivity index (χ3v) is 4.16. The zero-order chi connectivity index (χ0) is 16.7. The molecule has 0 N–H and O–H groups in total. The van der Waals surface area contributed by atoms with E-state index < -0.39 is 11.7 Å². The van der Waals surface area contributed by atoms with Gasteiger partial charge in [-0.15, -0.1) is 4.68 Å². The lowest BCUT2D eigenvalue weighted by Gasteiger charge is -2.25. The highest BCUT2D eigenvalue weighted by Gasteiger charge is 2.23. The van der Waals surface area contributed by atoms with Crippen molar-refractivity contribution in [1.82, 2.24) is 29.3 Å². The summed E-state index contributed by atoms with van der Waals surface area (Å²) in [4.78, 5) is 26.4. The van der Waals surface area contributed by atoms with Crippen molar-refractivity contribution in [3.8, 4) is 5.69 Å². The molecule has 124 valence electrons. The van der Waals surface area contributed by atoms with E-state index in [0.29, 0.717) is 32.0 Å². The second-order valence-corrected chi connectivity index (χ2v) is 5.64. The van der Waals surface area contributed by atoms with Crippen molar-refractivity contribution < 1.29 is 9.53 Å². The Balaban J connectivity index is 1.70. The summed E-state index contributed by atoms with van der Waals surface area (Å²) in [6.45, 7) is 1.79. The SMILES string of the molecule is Cn1ccc2cc(-n3nnn(C(=O)N4CCOCC4)c3=O)ccc21. The summed E-state index contributed by atoms with van der Waals surface area (Å²) in [7, 11) is 1.95. The summed E-state index contributed by atoms with van der Waals surface area (Å²) in [6.07, 6.45) is 1.94. The molecule has 9 nitrogen and oxygen atoms in total. The number of tetrazole rings is 1. The predicted molar refractivity (Wildman–Crippen MR) is 85.3 cm³/mol. The fourth-order valence-corrected chi connectivity index (χ4v) is 2.82. The number of ether oxygens (including phenoxy) is 1. The molecule has 24 heavy (non-hydrogen) atoms. The van der Waals surface area contributed by atoms with Crippen LogP contribution in [0.4, 0.5) is 4.79 Å². The predicted octanol–water partition coefficient (Wildman–Crippen LogP) is 0.221. The van der Waals surface area contributed by atoms with E-state index in [9.17, 15) is 9.59 Å². The number of hydrogen-bond donors (Lipinski definition) is 0. The molecular formula is C15H16N6O3. The number of rotatable bonds is 1. The van der Waals surface area contributed by atoms with E-state index in [4.69, 9.17) is 4.74 Å². The third-order valence-electron chi connectivity index (χ3n) is 4.16. The fraction of sp³-hybridized carbons (Fsp3) is 0.333. The normalized spacial score (nSPS) is 15.1. The van der Waals surface area contributed by atoms with Crippen LogP contribution in [0.15, 0.2) is 35.3 Å². The quantitative estimate of drug-likeness (QED) is 0.597. The molecular weight excluding hydrogens is 312 g/mol. The summed E-state index contributed by atoms with van der Waals surface area (Å²) in [5.41, 5.74) is 1.03. The van der Waals surface area contributed by atoms with E-state index >= 15 is 0 Å². The van der Waals surface area contributed by atoms with Gasteiger partial charge in [-0.1, -0.05) is 0 Å². The maximum Gasteiger partial charge on any atom is 0.377 e. The molecule has 3 heterocycles. The average Bonchev–Trinajstić information content (AvgIpc) is 3.18. The topological polar surface area (TPSA) is 87.2 Å². The van der Waals surface area contributed by atoms with Gasteiger partial charge in [0.1, 0.15) is 0 Å². The number of aryl methyl sites for hydroxylation is 1. The molecule has 1 amide bonds. The number of fused-ring (bicyclic) bond motifs is 1. The number of morpholine rings is 1. The van der Waals surface area contributed by atoms with Gasteiger partial charge in [0.25, 0.3) is 0 Å². The maximum atomic E-state index is 12.5. The Labute approximate surface area is 136 Å². The van der Waals surface area contributed by atoms with Crippen molar-refractivity contribution in [2.75, 3.05) is 26.3 Å². The molecule has 0 spiro atoms. The molecule has 1 aliphatic rings. The Morgan fingerprint density at radius 3 is 2.75 bits per heavy atom. The number of carbonyl (C=O) groups is 1. The first-order chi connectivity index (χ1) is 11.6. The molecule has 2 aromatic heterocycles. The first-order valence-electron chi connectivity index (χ1n) is 7.63. The van der Waals surface area contributed by atoms with Crippen molar-refractivity contribution >= 4 is 16.9 Å². The lowest BCUT2D eigenvalue weighted by atomic mass is 10.2. The highest BCUT2D eigenvalue weighted by Crippen LogP contribution is 2.17. The highest BCUT2D eigenvalue weighted by atomic mass is 16.5. The van der Waals surface area contributed by atoms with Gasteiger partial charge < -0.3 is 14.2 Å². The minimum absolute atomic E-state index is 0.439. The van der Waals surface area contributed by atoms with Gasteiger partial charge in [0.15, 0.2) is 0 Å². The number of amides is 1.